The second kappa shape index (κ2) is 8.80. The number of aromatic nitrogens is 1. The minimum absolute atomic E-state index is 0.00581. The van der Waals surface area contributed by atoms with E-state index in [0.717, 1.165) is 74.8 Å². The minimum Gasteiger partial charge on any atom is -0.497 e. The summed E-state index contributed by atoms with van der Waals surface area (Å²) in [6, 6.07) is 11.8. The highest BCUT2D eigenvalue weighted by Gasteiger charge is 3.12. The van der Waals surface area contributed by atoms with Crippen LogP contribution in [0.5, 0.6) is 5.75 Å². The number of nitrogens with zero attached hydrogens (tertiary/aromatic N) is 2. The van der Waals surface area contributed by atoms with E-state index in [0.29, 0.717) is 24.3 Å². The molecule has 1 N–H and O–H groups in total. The molecule has 6 fully saturated rings. The van der Waals surface area contributed by atoms with Crippen molar-refractivity contribution in [2.75, 3.05) is 21.2 Å². The zero-order valence-corrected chi connectivity index (χ0v) is 28.2. The Balaban J connectivity index is 1.12. The monoisotopic (exact) mass is 655 g/mol. The molecule has 0 saturated heterocycles. The molecule has 5 unspecified atom stereocenters. The van der Waals surface area contributed by atoms with Crippen LogP contribution >= 0.6 is 0 Å². The Morgan fingerprint density at radius 3 is 2.53 bits per heavy atom. The van der Waals surface area contributed by atoms with Gasteiger partial charge in [-0.15, -0.1) is 0 Å². The van der Waals surface area contributed by atoms with Crippen molar-refractivity contribution in [3.63, 3.8) is 0 Å². The van der Waals surface area contributed by atoms with Gasteiger partial charge in [-0.1, -0.05) is 32.3 Å². The maximum atomic E-state index is 14.5. The Bertz CT molecular complexity index is 2060. The molecule has 0 radical (unpaired) electrons. The van der Waals surface area contributed by atoms with Crippen molar-refractivity contribution in [2.45, 2.75) is 76.4 Å². The van der Waals surface area contributed by atoms with Crippen LogP contribution in [0.25, 0.3) is 22.2 Å². The molecule has 10 rings (SSSR count). The number of hydrogen-bond donors (Lipinski definition) is 1. The first kappa shape index (κ1) is 28.6. The molecule has 9 nitrogen and oxygen atoms in total. The highest BCUT2D eigenvalue weighted by Crippen LogP contribution is 3.13. The molecule has 6 saturated carbocycles. The quantitative estimate of drug-likeness (QED) is 0.333. The average Bonchev–Trinajstić information content (AvgIpc) is 3.99. The van der Waals surface area contributed by atoms with Crippen molar-refractivity contribution >= 4 is 33.0 Å². The van der Waals surface area contributed by atoms with Gasteiger partial charge in [0.2, 0.25) is 0 Å². The van der Waals surface area contributed by atoms with Gasteiger partial charge in [0.15, 0.2) is 0 Å². The molecule has 246 valence electrons. The first-order chi connectivity index (χ1) is 22.5. The topological polar surface area (TPSA) is 107 Å². The summed E-state index contributed by atoms with van der Waals surface area (Å²) < 4.78 is 42.9. The Kier molecular flexibility index (Phi) is 5.36. The van der Waals surface area contributed by atoms with Gasteiger partial charge >= 0.3 is 16.2 Å². The molecular formula is C37H41N3O6S. The van der Waals surface area contributed by atoms with Crippen molar-refractivity contribution in [3.05, 3.63) is 53.1 Å². The van der Waals surface area contributed by atoms with Crippen LogP contribution < -0.4 is 9.46 Å². The van der Waals surface area contributed by atoms with Crippen LogP contribution in [0, 0.1) is 34.0 Å². The predicted molar refractivity (Wildman–Crippen MR) is 175 cm³/mol. The van der Waals surface area contributed by atoms with Gasteiger partial charge in [0.1, 0.15) is 11.9 Å². The SMILES string of the molecule is COc1ccc2c(c1)C1CC1(C(=O)O[C@@H]1C[C@@H]3C4C5C43[C@]51C)Cn1c-2c(C2CCCCC2)c2ccc(C(=O)NS(=O)(=O)N(C)C)cc21. The third kappa shape index (κ3) is 3.36. The van der Waals surface area contributed by atoms with Gasteiger partial charge in [0, 0.05) is 54.0 Å². The van der Waals surface area contributed by atoms with E-state index in [9.17, 15) is 18.0 Å². The molecule has 0 bridgehead atoms. The smallest absolute Gasteiger partial charge is 0.314 e. The van der Waals surface area contributed by atoms with Gasteiger partial charge in [-0.25, -0.2) is 4.72 Å². The van der Waals surface area contributed by atoms with E-state index in [1.54, 1.807) is 13.2 Å². The predicted octanol–water partition coefficient (Wildman–Crippen LogP) is 5.59. The van der Waals surface area contributed by atoms with Gasteiger partial charge in [-0.3, -0.25) is 9.59 Å². The summed E-state index contributed by atoms with van der Waals surface area (Å²) >= 11 is 0. The summed E-state index contributed by atoms with van der Waals surface area (Å²) in [5.41, 5.74) is 5.73. The first-order valence-electron chi connectivity index (χ1n) is 17.3. The van der Waals surface area contributed by atoms with E-state index < -0.39 is 21.5 Å². The van der Waals surface area contributed by atoms with Crippen LogP contribution in [0.3, 0.4) is 0 Å². The van der Waals surface area contributed by atoms with Crippen LogP contribution in [0.2, 0.25) is 0 Å². The summed E-state index contributed by atoms with van der Waals surface area (Å²) in [5, 5.41) is 1.06. The first-order valence-corrected chi connectivity index (χ1v) is 18.7. The number of rotatable bonds is 7. The number of fused-ring (bicyclic) bond motifs is 10. The number of ether oxygens (including phenoxy) is 2. The number of esters is 1. The Morgan fingerprint density at radius 2 is 1.85 bits per heavy atom. The number of methoxy groups -OCH3 is 1. The van der Waals surface area contributed by atoms with E-state index in [4.69, 9.17) is 9.47 Å². The third-order valence-corrected chi connectivity index (χ3v) is 15.4. The lowest BCUT2D eigenvalue weighted by Crippen LogP contribution is -2.39. The highest BCUT2D eigenvalue weighted by atomic mass is 32.2. The van der Waals surface area contributed by atoms with Crippen LogP contribution in [-0.2, 0) is 26.3 Å². The van der Waals surface area contributed by atoms with Crippen molar-refractivity contribution in [2.24, 2.45) is 34.0 Å². The number of amides is 1. The second-order valence-electron chi connectivity index (χ2n) is 16.0. The molecule has 2 aromatic carbocycles. The van der Waals surface area contributed by atoms with E-state index in [2.05, 4.69) is 28.3 Å². The molecule has 7 aliphatic rings. The van der Waals surface area contributed by atoms with Crippen molar-refractivity contribution in [3.8, 4) is 17.0 Å². The molecular weight excluding hydrogens is 614 g/mol. The zero-order valence-electron chi connectivity index (χ0n) is 27.3. The van der Waals surface area contributed by atoms with Crippen LogP contribution in [0.1, 0.15) is 85.2 Å². The van der Waals surface area contributed by atoms with E-state index in [-0.39, 0.29) is 29.0 Å². The molecule has 1 aliphatic heterocycles. The lowest BCUT2D eigenvalue weighted by molar-refractivity contribution is -0.162. The lowest BCUT2D eigenvalue weighted by Gasteiger charge is -2.30. The highest BCUT2D eigenvalue weighted by molar-refractivity contribution is 7.87. The Hall–Kier alpha value is -3.37. The summed E-state index contributed by atoms with van der Waals surface area (Å²) in [6.45, 7) is 2.79. The van der Waals surface area contributed by atoms with Gasteiger partial charge in [0.05, 0.1) is 18.2 Å². The largest absolute Gasteiger partial charge is 0.497 e. The standard InChI is InChI=1S/C37H41N3O6S/c1-35-28(16-25-30-32(35)37(25,30)35)46-34(42)36-17-26(36)24-15-21(45-4)11-13-22(24)31-29(19-8-6-5-7-9-19)23-12-10-20(14-27(23)40(31)18-36)33(41)38-47(43,44)39(2)3/h10-15,19,25-26,28,30,32H,5-9,16-18H2,1-4H3,(H,38,41)/t25-,26?,28-,30?,32?,35+,36?,37?/m1/s1. The number of benzene rings is 2. The summed E-state index contributed by atoms with van der Waals surface area (Å²) in [4.78, 5) is 27.9. The van der Waals surface area contributed by atoms with Crippen molar-refractivity contribution in [1.29, 1.82) is 0 Å². The summed E-state index contributed by atoms with van der Waals surface area (Å²) in [6.07, 6.45) is 7.44. The van der Waals surface area contributed by atoms with Gasteiger partial charge < -0.3 is 14.0 Å². The van der Waals surface area contributed by atoms with Crippen LogP contribution in [-0.4, -0.2) is 56.5 Å². The Labute approximate surface area is 275 Å². The fourth-order valence-corrected chi connectivity index (χ4v) is 12.0. The van der Waals surface area contributed by atoms with Gasteiger partial charge in [0.25, 0.3) is 5.91 Å². The molecule has 1 amide bonds. The lowest BCUT2D eigenvalue weighted by atomic mass is 9.81. The van der Waals surface area contributed by atoms with Crippen LogP contribution in [0.15, 0.2) is 36.4 Å². The van der Waals surface area contributed by atoms with Crippen LogP contribution in [0.4, 0.5) is 0 Å². The average molecular weight is 656 g/mol. The molecule has 10 heteroatoms. The fraction of sp³-hybridized carbons (Fsp3) is 0.568. The van der Waals surface area contributed by atoms with E-state index >= 15 is 0 Å². The molecule has 47 heavy (non-hydrogen) atoms. The normalized spacial score (nSPS) is 36.7. The molecule has 2 heterocycles. The molecule has 3 aromatic rings. The zero-order chi connectivity index (χ0) is 32.4. The second-order valence-corrected chi connectivity index (χ2v) is 17.8. The molecule has 6 aliphatic carbocycles. The van der Waals surface area contributed by atoms with Gasteiger partial charge in [-0.2, -0.15) is 12.7 Å². The van der Waals surface area contributed by atoms with Crippen molar-refractivity contribution in [1.82, 2.24) is 13.6 Å². The summed E-state index contributed by atoms with van der Waals surface area (Å²) in [7, 11) is 0.488. The van der Waals surface area contributed by atoms with E-state index in [1.165, 1.54) is 38.9 Å². The number of carbonyl (C=O) groups is 2. The maximum absolute atomic E-state index is 14.5. The number of nitrogens with one attached hydrogen (secondary N) is 1. The molecule has 8 atom stereocenters. The van der Waals surface area contributed by atoms with Gasteiger partial charge in [-0.05, 0) is 96.2 Å². The summed E-state index contributed by atoms with van der Waals surface area (Å²) in [5.74, 6) is 2.81. The van der Waals surface area contributed by atoms with Crippen molar-refractivity contribution < 1.29 is 27.5 Å². The Morgan fingerprint density at radius 1 is 1.06 bits per heavy atom. The number of hydrogen-bond acceptors (Lipinski definition) is 6. The third-order valence-electron chi connectivity index (χ3n) is 14.0. The van der Waals surface area contributed by atoms with E-state index in [1.807, 2.05) is 18.2 Å². The molecule has 1 aromatic heterocycles. The fourth-order valence-electron chi connectivity index (χ4n) is 11.5. The maximum Gasteiger partial charge on any atom is 0.314 e. The minimum atomic E-state index is -3.97. The number of carbonyl (C=O) groups excluding carboxylic acids is 2. The molecule has 1 spiro atoms.